The summed E-state index contributed by atoms with van der Waals surface area (Å²) in [5.41, 5.74) is 1.50. The number of carbonyl (C=O) groups is 2. The molecule has 7 heteroatoms. The van der Waals surface area contributed by atoms with Gasteiger partial charge < -0.3 is 15.5 Å². The first-order valence-electron chi connectivity index (χ1n) is 4.64. The van der Waals surface area contributed by atoms with Gasteiger partial charge in [-0.2, -0.15) is 5.10 Å². The van der Waals surface area contributed by atoms with Gasteiger partial charge in [0.15, 0.2) is 6.10 Å². The zero-order valence-corrected chi connectivity index (χ0v) is 8.94. The first-order chi connectivity index (χ1) is 7.43. The maximum absolute atomic E-state index is 11.6. The minimum absolute atomic E-state index is 0.335. The third kappa shape index (κ3) is 2.57. The molecule has 0 bridgehead atoms. The highest BCUT2D eigenvalue weighted by molar-refractivity contribution is 5.96. The summed E-state index contributed by atoms with van der Waals surface area (Å²) in [6.45, 7) is 3.01. The van der Waals surface area contributed by atoms with Crippen molar-refractivity contribution in [2.45, 2.75) is 20.0 Å². The lowest BCUT2D eigenvalue weighted by Gasteiger charge is -2.07. The van der Waals surface area contributed by atoms with E-state index in [0.717, 1.165) is 0 Å². The van der Waals surface area contributed by atoms with E-state index in [-0.39, 0.29) is 6.54 Å². The lowest BCUT2D eigenvalue weighted by Crippen LogP contribution is -2.36. The van der Waals surface area contributed by atoms with Crippen LogP contribution in [0.4, 0.5) is 0 Å². The zero-order valence-electron chi connectivity index (χ0n) is 8.94. The van der Waals surface area contributed by atoms with Crippen LogP contribution in [0.1, 0.15) is 21.7 Å². The van der Waals surface area contributed by atoms with Gasteiger partial charge in [0, 0.05) is 5.69 Å². The van der Waals surface area contributed by atoms with E-state index in [4.69, 9.17) is 10.2 Å². The number of aromatic nitrogens is 2. The molecule has 0 spiro atoms. The molecule has 4 N–H and O–H groups in total. The van der Waals surface area contributed by atoms with Crippen LogP contribution in [0.3, 0.4) is 0 Å². The Morgan fingerprint density at radius 2 is 2.12 bits per heavy atom. The minimum Gasteiger partial charge on any atom is -0.479 e. The van der Waals surface area contributed by atoms with Crippen molar-refractivity contribution in [1.82, 2.24) is 15.5 Å². The van der Waals surface area contributed by atoms with Gasteiger partial charge in [-0.05, 0) is 13.8 Å². The second-order valence-electron chi connectivity index (χ2n) is 3.37. The van der Waals surface area contributed by atoms with Gasteiger partial charge in [0.1, 0.15) is 0 Å². The number of rotatable bonds is 4. The average Bonchev–Trinajstić information content (AvgIpc) is 2.54. The van der Waals surface area contributed by atoms with Crippen molar-refractivity contribution in [3.8, 4) is 0 Å². The fourth-order valence-electron chi connectivity index (χ4n) is 1.25. The van der Waals surface area contributed by atoms with Crippen molar-refractivity contribution in [3.63, 3.8) is 0 Å². The molecule has 88 valence electrons. The van der Waals surface area contributed by atoms with E-state index in [1.807, 2.05) is 0 Å². The Labute approximate surface area is 91.5 Å². The van der Waals surface area contributed by atoms with Crippen LogP contribution < -0.4 is 5.32 Å². The number of aliphatic carboxylic acids is 1. The minimum atomic E-state index is -1.60. The third-order valence-corrected chi connectivity index (χ3v) is 2.10. The van der Waals surface area contributed by atoms with Crippen molar-refractivity contribution < 1.29 is 19.8 Å². The summed E-state index contributed by atoms with van der Waals surface area (Å²) in [6.07, 6.45) is -1.60. The van der Waals surface area contributed by atoms with Gasteiger partial charge in [-0.15, -0.1) is 0 Å². The molecular weight excluding hydrogens is 214 g/mol. The van der Waals surface area contributed by atoms with Crippen LogP contribution in [-0.4, -0.2) is 44.9 Å². The summed E-state index contributed by atoms with van der Waals surface area (Å²) >= 11 is 0. The maximum atomic E-state index is 11.6. The fraction of sp³-hybridized carbons (Fsp3) is 0.444. The molecule has 1 aromatic rings. The summed E-state index contributed by atoms with van der Waals surface area (Å²) in [4.78, 5) is 21.9. The van der Waals surface area contributed by atoms with Crippen LogP contribution in [0.25, 0.3) is 0 Å². The number of H-pyrrole nitrogens is 1. The van der Waals surface area contributed by atoms with Gasteiger partial charge in [-0.3, -0.25) is 9.89 Å². The number of amides is 1. The monoisotopic (exact) mass is 227 g/mol. The van der Waals surface area contributed by atoms with Crippen molar-refractivity contribution in [3.05, 3.63) is 17.0 Å². The Morgan fingerprint density at radius 1 is 1.50 bits per heavy atom. The predicted octanol–water partition coefficient (Wildman–Crippen LogP) is -0.798. The van der Waals surface area contributed by atoms with E-state index in [1.54, 1.807) is 13.8 Å². The molecule has 7 nitrogen and oxygen atoms in total. The molecule has 0 saturated heterocycles. The maximum Gasteiger partial charge on any atom is 0.334 e. The number of aryl methyl sites for hydroxylation is 2. The number of hydrogen-bond donors (Lipinski definition) is 4. The van der Waals surface area contributed by atoms with E-state index in [2.05, 4.69) is 15.5 Å². The fourth-order valence-corrected chi connectivity index (χ4v) is 1.25. The molecule has 0 radical (unpaired) electrons. The van der Waals surface area contributed by atoms with E-state index >= 15 is 0 Å². The van der Waals surface area contributed by atoms with Gasteiger partial charge in [0.2, 0.25) is 0 Å². The van der Waals surface area contributed by atoms with Crippen LogP contribution in [-0.2, 0) is 4.79 Å². The number of carbonyl (C=O) groups excluding carboxylic acids is 1. The molecule has 0 fully saturated rings. The lowest BCUT2D eigenvalue weighted by molar-refractivity contribution is -0.146. The lowest BCUT2D eigenvalue weighted by atomic mass is 10.2. The third-order valence-electron chi connectivity index (χ3n) is 2.10. The van der Waals surface area contributed by atoms with Crippen molar-refractivity contribution in [1.29, 1.82) is 0 Å². The molecule has 1 amide bonds. The number of nitrogens with zero attached hydrogens (tertiary/aromatic N) is 1. The van der Waals surface area contributed by atoms with E-state index in [0.29, 0.717) is 17.0 Å². The first kappa shape index (κ1) is 12.2. The van der Waals surface area contributed by atoms with Crippen LogP contribution in [0.5, 0.6) is 0 Å². The number of carboxylic acid groups (broad SMARTS) is 1. The number of aromatic amines is 1. The second-order valence-corrected chi connectivity index (χ2v) is 3.37. The van der Waals surface area contributed by atoms with Gasteiger partial charge in [0.05, 0.1) is 17.8 Å². The van der Waals surface area contributed by atoms with E-state index < -0.39 is 18.0 Å². The molecule has 1 aromatic heterocycles. The van der Waals surface area contributed by atoms with Crippen molar-refractivity contribution in [2.75, 3.05) is 6.54 Å². The van der Waals surface area contributed by atoms with Gasteiger partial charge in [-0.1, -0.05) is 0 Å². The van der Waals surface area contributed by atoms with E-state index in [1.165, 1.54) is 0 Å². The number of carboxylic acids is 1. The largest absolute Gasteiger partial charge is 0.479 e. The summed E-state index contributed by atoms with van der Waals surface area (Å²) in [6, 6.07) is 0. The molecule has 0 unspecified atom stereocenters. The quantitative estimate of drug-likeness (QED) is 0.537. The first-order valence-corrected chi connectivity index (χ1v) is 4.64. The van der Waals surface area contributed by atoms with E-state index in [9.17, 15) is 9.59 Å². The smallest absolute Gasteiger partial charge is 0.334 e. The Balaban J connectivity index is 2.63. The number of aliphatic hydroxyl groups excluding tert-OH is 1. The van der Waals surface area contributed by atoms with Crippen molar-refractivity contribution in [2.24, 2.45) is 0 Å². The normalized spacial score (nSPS) is 12.2. The molecule has 0 aromatic carbocycles. The summed E-state index contributed by atoms with van der Waals surface area (Å²) in [5.74, 6) is -1.83. The van der Waals surface area contributed by atoms with Crippen molar-refractivity contribution >= 4 is 11.9 Å². The summed E-state index contributed by atoms with van der Waals surface area (Å²) in [7, 11) is 0. The Kier molecular flexibility index (Phi) is 3.62. The molecule has 0 aliphatic rings. The molecule has 0 saturated carbocycles. The summed E-state index contributed by atoms with van der Waals surface area (Å²) in [5, 5.41) is 26.2. The summed E-state index contributed by atoms with van der Waals surface area (Å²) < 4.78 is 0. The Hall–Kier alpha value is -1.89. The standard InChI is InChI=1S/C9H13N3O4/c1-4-7(5(2)12-11-4)8(14)10-3-6(13)9(15)16/h6,13H,3H2,1-2H3,(H,10,14)(H,11,12)(H,15,16)/t6-/m0/s1. The Bertz CT molecular complexity index is 393. The van der Waals surface area contributed by atoms with Crippen LogP contribution in [0.15, 0.2) is 0 Å². The SMILES string of the molecule is Cc1n[nH]c(C)c1C(=O)NC[C@H](O)C(=O)O. The Morgan fingerprint density at radius 3 is 2.56 bits per heavy atom. The number of hydrogen-bond acceptors (Lipinski definition) is 4. The topological polar surface area (TPSA) is 115 Å². The van der Waals surface area contributed by atoms with Crippen LogP contribution in [0.2, 0.25) is 0 Å². The van der Waals surface area contributed by atoms with Gasteiger partial charge in [-0.25, -0.2) is 4.79 Å². The molecular formula is C9H13N3O4. The van der Waals surface area contributed by atoms with Crippen LogP contribution in [0, 0.1) is 13.8 Å². The molecule has 1 rings (SSSR count). The molecule has 16 heavy (non-hydrogen) atoms. The van der Waals surface area contributed by atoms with Gasteiger partial charge >= 0.3 is 5.97 Å². The highest BCUT2D eigenvalue weighted by Crippen LogP contribution is 2.08. The molecule has 1 heterocycles. The molecule has 0 aliphatic carbocycles. The second kappa shape index (κ2) is 4.75. The number of nitrogens with one attached hydrogen (secondary N) is 2. The highest BCUT2D eigenvalue weighted by atomic mass is 16.4. The van der Waals surface area contributed by atoms with Gasteiger partial charge in [0.25, 0.3) is 5.91 Å². The van der Waals surface area contributed by atoms with Crippen LogP contribution >= 0.6 is 0 Å². The average molecular weight is 227 g/mol. The molecule has 0 aliphatic heterocycles. The molecule has 1 atom stereocenters. The predicted molar refractivity (Wildman–Crippen MR) is 54.0 cm³/mol. The highest BCUT2D eigenvalue weighted by Gasteiger charge is 2.18. The number of aliphatic hydroxyl groups is 1. The zero-order chi connectivity index (χ0) is 12.3.